The van der Waals surface area contributed by atoms with Gasteiger partial charge in [0.15, 0.2) is 0 Å². The van der Waals surface area contributed by atoms with Gasteiger partial charge in [0.1, 0.15) is 0 Å². The summed E-state index contributed by atoms with van der Waals surface area (Å²) in [6.07, 6.45) is 5.93. The van der Waals surface area contributed by atoms with E-state index in [4.69, 9.17) is 5.73 Å². The quantitative estimate of drug-likeness (QED) is 0.909. The summed E-state index contributed by atoms with van der Waals surface area (Å²) in [6, 6.07) is 7.10. The molecule has 1 aliphatic carbocycles. The molecule has 1 aromatic rings. The van der Waals surface area contributed by atoms with Crippen molar-refractivity contribution in [1.82, 2.24) is 4.31 Å². The van der Waals surface area contributed by atoms with E-state index in [2.05, 4.69) is 6.92 Å². The summed E-state index contributed by atoms with van der Waals surface area (Å²) in [6.45, 7) is 2.11. The number of aryl methyl sites for hydroxylation is 1. The summed E-state index contributed by atoms with van der Waals surface area (Å²) in [5.41, 5.74) is 7.29. The molecule has 0 aromatic heterocycles. The molecule has 0 spiro atoms. The Morgan fingerprint density at radius 3 is 2.38 bits per heavy atom. The van der Waals surface area contributed by atoms with E-state index >= 15 is 0 Å². The topological polar surface area (TPSA) is 63.4 Å². The third kappa shape index (κ3) is 3.65. The van der Waals surface area contributed by atoms with Crippen molar-refractivity contribution < 1.29 is 8.42 Å². The Kier molecular flexibility index (Phi) is 5.41. The van der Waals surface area contributed by atoms with E-state index < -0.39 is 10.0 Å². The lowest BCUT2D eigenvalue weighted by Crippen LogP contribution is -2.50. The second-order valence-corrected chi connectivity index (χ2v) is 7.93. The van der Waals surface area contributed by atoms with Crippen molar-refractivity contribution >= 4 is 10.0 Å². The summed E-state index contributed by atoms with van der Waals surface area (Å²) in [5.74, 6) is 0. The largest absolute Gasteiger partial charge is 0.326 e. The first-order valence-electron chi connectivity index (χ1n) is 7.79. The number of benzene rings is 1. The van der Waals surface area contributed by atoms with E-state index in [1.165, 1.54) is 9.87 Å². The number of hydrogen-bond acceptors (Lipinski definition) is 3. The molecule has 2 N–H and O–H groups in total. The Hall–Kier alpha value is -0.910. The molecule has 2 rings (SSSR count). The zero-order valence-electron chi connectivity index (χ0n) is 13.0. The van der Waals surface area contributed by atoms with Gasteiger partial charge in [-0.25, -0.2) is 8.42 Å². The van der Waals surface area contributed by atoms with Crippen molar-refractivity contribution in [3.63, 3.8) is 0 Å². The van der Waals surface area contributed by atoms with Gasteiger partial charge in [-0.1, -0.05) is 38.3 Å². The number of sulfonamides is 1. The summed E-state index contributed by atoms with van der Waals surface area (Å²) >= 11 is 0. The van der Waals surface area contributed by atoms with Crippen LogP contribution in [0, 0.1) is 0 Å². The fraction of sp³-hybridized carbons (Fsp3) is 0.625. The molecule has 0 saturated heterocycles. The number of hydrogen-bond donors (Lipinski definition) is 1. The van der Waals surface area contributed by atoms with Crippen LogP contribution in [0.25, 0.3) is 0 Å². The summed E-state index contributed by atoms with van der Waals surface area (Å²) in [4.78, 5) is 0.364. The standard InChI is InChI=1S/C16H26N2O2S/c1-3-6-13-9-11-14(12-10-13)21(19,20)18(2)16-8-5-4-7-15(16)17/h9-12,15-16H,3-8,17H2,1-2H3. The molecule has 1 fully saturated rings. The molecule has 5 heteroatoms. The Morgan fingerprint density at radius 1 is 1.19 bits per heavy atom. The lowest BCUT2D eigenvalue weighted by Gasteiger charge is -2.35. The van der Waals surface area contributed by atoms with Crippen LogP contribution in [0.1, 0.15) is 44.6 Å². The van der Waals surface area contributed by atoms with Gasteiger partial charge in [-0.3, -0.25) is 0 Å². The first-order valence-corrected chi connectivity index (χ1v) is 9.23. The van der Waals surface area contributed by atoms with Crippen LogP contribution in [0.2, 0.25) is 0 Å². The van der Waals surface area contributed by atoms with Crippen molar-refractivity contribution in [3.8, 4) is 0 Å². The predicted octanol–water partition coefficient (Wildman–Crippen LogP) is 2.53. The number of nitrogens with two attached hydrogens (primary N) is 1. The Labute approximate surface area is 128 Å². The van der Waals surface area contributed by atoms with Crippen LogP contribution in [0.3, 0.4) is 0 Å². The van der Waals surface area contributed by atoms with Crippen LogP contribution in [0.4, 0.5) is 0 Å². The molecule has 1 saturated carbocycles. The second kappa shape index (κ2) is 6.90. The van der Waals surface area contributed by atoms with Crippen molar-refractivity contribution in [1.29, 1.82) is 0 Å². The lowest BCUT2D eigenvalue weighted by atomic mass is 9.91. The average Bonchev–Trinajstić information content (AvgIpc) is 2.48. The number of rotatable bonds is 5. The van der Waals surface area contributed by atoms with Crippen LogP contribution < -0.4 is 5.73 Å². The number of nitrogens with zero attached hydrogens (tertiary/aromatic N) is 1. The van der Waals surface area contributed by atoms with E-state index in [0.29, 0.717) is 4.90 Å². The maximum absolute atomic E-state index is 12.7. The van der Waals surface area contributed by atoms with Gasteiger partial charge in [-0.05, 0) is 37.0 Å². The van der Waals surface area contributed by atoms with Gasteiger partial charge in [0.05, 0.1) is 4.90 Å². The lowest BCUT2D eigenvalue weighted by molar-refractivity contribution is 0.252. The normalized spacial score (nSPS) is 23.4. The Bertz CT molecular complexity index is 554. The molecule has 0 bridgehead atoms. The SMILES string of the molecule is CCCc1ccc(S(=O)(=O)N(C)C2CCCCC2N)cc1. The molecule has 21 heavy (non-hydrogen) atoms. The van der Waals surface area contributed by atoms with E-state index in [9.17, 15) is 8.42 Å². The zero-order valence-corrected chi connectivity index (χ0v) is 13.8. The van der Waals surface area contributed by atoms with Crippen molar-refractivity contribution in [2.24, 2.45) is 5.73 Å². The van der Waals surface area contributed by atoms with Gasteiger partial charge in [0.2, 0.25) is 10.0 Å². The molecule has 4 nitrogen and oxygen atoms in total. The molecule has 1 aliphatic rings. The first kappa shape index (κ1) is 16.5. The molecule has 0 heterocycles. The molecule has 118 valence electrons. The molecular weight excluding hydrogens is 284 g/mol. The minimum Gasteiger partial charge on any atom is -0.326 e. The third-order valence-electron chi connectivity index (χ3n) is 4.39. The van der Waals surface area contributed by atoms with E-state index in [-0.39, 0.29) is 12.1 Å². The van der Waals surface area contributed by atoms with Gasteiger partial charge in [-0.2, -0.15) is 4.31 Å². The fourth-order valence-electron chi connectivity index (χ4n) is 3.05. The van der Waals surface area contributed by atoms with Gasteiger partial charge in [-0.15, -0.1) is 0 Å². The van der Waals surface area contributed by atoms with Crippen LogP contribution in [-0.2, 0) is 16.4 Å². The molecular formula is C16H26N2O2S. The molecule has 0 aliphatic heterocycles. The van der Waals surface area contributed by atoms with Crippen LogP contribution in [0.15, 0.2) is 29.2 Å². The maximum atomic E-state index is 12.7. The maximum Gasteiger partial charge on any atom is 0.243 e. The summed E-state index contributed by atoms with van der Waals surface area (Å²) in [5, 5.41) is 0. The molecule has 1 aromatic carbocycles. The molecule has 2 atom stereocenters. The predicted molar refractivity (Wildman–Crippen MR) is 85.6 cm³/mol. The van der Waals surface area contributed by atoms with Gasteiger partial charge in [0, 0.05) is 19.1 Å². The van der Waals surface area contributed by atoms with Crippen LogP contribution in [0.5, 0.6) is 0 Å². The molecule has 0 amide bonds. The molecule has 0 radical (unpaired) electrons. The fourth-order valence-corrected chi connectivity index (χ4v) is 4.48. The van der Waals surface area contributed by atoms with E-state index in [1.54, 1.807) is 19.2 Å². The average molecular weight is 310 g/mol. The van der Waals surface area contributed by atoms with Gasteiger partial charge in [0.25, 0.3) is 0 Å². The second-order valence-electron chi connectivity index (χ2n) is 5.93. The van der Waals surface area contributed by atoms with E-state index in [1.807, 2.05) is 12.1 Å². The van der Waals surface area contributed by atoms with Crippen LogP contribution >= 0.6 is 0 Å². The van der Waals surface area contributed by atoms with Crippen molar-refractivity contribution in [2.75, 3.05) is 7.05 Å². The van der Waals surface area contributed by atoms with Crippen LogP contribution in [-0.4, -0.2) is 31.9 Å². The first-order chi connectivity index (χ1) is 9.96. The summed E-state index contributed by atoms with van der Waals surface area (Å²) in [7, 11) is -1.79. The minimum absolute atomic E-state index is 0.0575. The van der Waals surface area contributed by atoms with Crippen molar-refractivity contribution in [2.45, 2.75) is 62.4 Å². The smallest absolute Gasteiger partial charge is 0.243 e. The van der Waals surface area contributed by atoms with Gasteiger partial charge < -0.3 is 5.73 Å². The highest BCUT2D eigenvalue weighted by molar-refractivity contribution is 7.89. The Morgan fingerprint density at radius 2 is 1.81 bits per heavy atom. The van der Waals surface area contributed by atoms with Gasteiger partial charge >= 0.3 is 0 Å². The Balaban J connectivity index is 2.19. The molecule has 2 unspecified atom stereocenters. The number of likely N-dealkylation sites (N-methyl/N-ethyl adjacent to an activating group) is 1. The monoisotopic (exact) mass is 310 g/mol. The third-order valence-corrected chi connectivity index (χ3v) is 6.28. The minimum atomic E-state index is -3.45. The highest BCUT2D eigenvalue weighted by Gasteiger charge is 2.33. The van der Waals surface area contributed by atoms with Crippen molar-refractivity contribution in [3.05, 3.63) is 29.8 Å². The zero-order chi connectivity index (χ0) is 15.5. The summed E-state index contributed by atoms with van der Waals surface area (Å²) < 4.78 is 26.9. The highest BCUT2D eigenvalue weighted by atomic mass is 32.2. The highest BCUT2D eigenvalue weighted by Crippen LogP contribution is 2.26. The van der Waals surface area contributed by atoms with E-state index in [0.717, 1.165) is 38.5 Å².